The quantitative estimate of drug-likeness (QED) is 0.716. The van der Waals surface area contributed by atoms with E-state index in [0.717, 1.165) is 8.27 Å². The van der Waals surface area contributed by atoms with E-state index >= 15 is 0 Å². The summed E-state index contributed by atoms with van der Waals surface area (Å²) in [5.74, 6) is 2.05. The van der Waals surface area contributed by atoms with E-state index in [4.69, 9.17) is 0 Å². The van der Waals surface area contributed by atoms with Crippen LogP contribution in [-0.4, -0.2) is 0 Å². The van der Waals surface area contributed by atoms with Crippen LogP contribution in [0.3, 0.4) is 0 Å². The van der Waals surface area contributed by atoms with Gasteiger partial charge in [0.2, 0.25) is 0 Å². The molecule has 2 rings (SSSR count). The van der Waals surface area contributed by atoms with Gasteiger partial charge in [-0.05, 0) is 18.2 Å². The van der Waals surface area contributed by atoms with Gasteiger partial charge in [0.05, 0.1) is 0 Å². The minimum absolute atomic E-state index is 0.241. The van der Waals surface area contributed by atoms with Gasteiger partial charge in [-0.15, -0.1) is 0 Å². The zero-order chi connectivity index (χ0) is 11.2. The molecule has 2 aromatic carbocycles. The summed E-state index contributed by atoms with van der Waals surface area (Å²) in [4.78, 5) is 0. The highest BCUT2D eigenvalue weighted by Gasteiger charge is 2.10. The monoisotopic (exact) mass is 244 g/mol. The van der Waals surface area contributed by atoms with Crippen LogP contribution < -0.4 is 10.6 Å². The molecule has 0 aliphatic rings. The molecule has 0 aliphatic heterocycles. The number of rotatable bonds is 4. The van der Waals surface area contributed by atoms with Gasteiger partial charge in [0.25, 0.3) is 0 Å². The molecule has 80 valence electrons. The summed E-state index contributed by atoms with van der Waals surface area (Å²) in [5.41, 5.74) is 0. The number of benzene rings is 2. The van der Waals surface area contributed by atoms with Crippen molar-refractivity contribution < 1.29 is 0 Å². The molecule has 0 heterocycles. The standard InChI is InChI=1S/C14H14P2/c1-2-15-16(13-9-5-3-6-10-13)14-11-7-4-8-12-14/h2-12,15H,1H2. The lowest BCUT2D eigenvalue weighted by atomic mass is 10.4. The molecular formula is C14H14P2. The van der Waals surface area contributed by atoms with Crippen LogP contribution in [0.2, 0.25) is 0 Å². The van der Waals surface area contributed by atoms with Gasteiger partial charge in [0, 0.05) is 0 Å². The van der Waals surface area contributed by atoms with E-state index in [1.54, 1.807) is 0 Å². The lowest BCUT2D eigenvalue weighted by molar-refractivity contribution is 1.76. The predicted molar refractivity (Wildman–Crippen MR) is 77.6 cm³/mol. The predicted octanol–water partition coefficient (Wildman–Crippen LogP) is 3.86. The fourth-order valence-corrected chi connectivity index (χ4v) is 5.60. The van der Waals surface area contributed by atoms with Gasteiger partial charge in [-0.3, -0.25) is 0 Å². The fourth-order valence-electron chi connectivity index (χ4n) is 1.54. The van der Waals surface area contributed by atoms with Crippen LogP contribution in [0.5, 0.6) is 0 Å². The Balaban J connectivity index is 2.35. The maximum Gasteiger partial charge on any atom is -0.0152 e. The first-order valence-corrected chi connectivity index (χ1v) is 8.45. The van der Waals surface area contributed by atoms with E-state index in [1.807, 2.05) is 5.82 Å². The Kier molecular flexibility index (Phi) is 4.28. The molecule has 0 radical (unpaired) electrons. The third kappa shape index (κ3) is 2.79. The first-order valence-electron chi connectivity index (χ1n) is 5.19. The van der Waals surface area contributed by atoms with Crippen molar-refractivity contribution in [1.82, 2.24) is 0 Å². The van der Waals surface area contributed by atoms with Crippen molar-refractivity contribution in [3.63, 3.8) is 0 Å². The molecule has 1 atom stereocenters. The second kappa shape index (κ2) is 5.94. The Morgan fingerprint density at radius 1 is 0.812 bits per heavy atom. The zero-order valence-electron chi connectivity index (χ0n) is 9.01. The first-order chi connectivity index (χ1) is 7.92. The third-order valence-electron chi connectivity index (χ3n) is 2.25. The smallest absolute Gasteiger partial charge is 0.0152 e. The SMILES string of the molecule is C=CPP(c1ccccc1)c1ccccc1. The molecule has 0 N–H and O–H groups in total. The molecule has 0 fully saturated rings. The summed E-state index contributed by atoms with van der Waals surface area (Å²) < 4.78 is 0. The lowest BCUT2D eigenvalue weighted by Crippen LogP contribution is -2.07. The van der Waals surface area contributed by atoms with Crippen LogP contribution in [0.4, 0.5) is 0 Å². The maximum atomic E-state index is 3.88. The van der Waals surface area contributed by atoms with Crippen molar-refractivity contribution in [3.05, 3.63) is 73.1 Å². The van der Waals surface area contributed by atoms with Crippen molar-refractivity contribution in [2.24, 2.45) is 0 Å². The van der Waals surface area contributed by atoms with E-state index in [2.05, 4.69) is 67.2 Å². The first kappa shape index (κ1) is 11.5. The lowest BCUT2D eigenvalue weighted by Gasteiger charge is -2.16. The molecule has 2 aromatic rings. The van der Waals surface area contributed by atoms with Crippen LogP contribution in [0.15, 0.2) is 73.1 Å². The van der Waals surface area contributed by atoms with Crippen LogP contribution in [0, 0.1) is 0 Å². The summed E-state index contributed by atoms with van der Waals surface area (Å²) in [6.07, 6.45) is 0. The number of hydrogen-bond acceptors (Lipinski definition) is 0. The van der Waals surface area contributed by atoms with Crippen molar-refractivity contribution in [3.8, 4) is 0 Å². The Hall–Kier alpha value is -0.960. The Morgan fingerprint density at radius 3 is 1.62 bits per heavy atom. The van der Waals surface area contributed by atoms with Gasteiger partial charge in [-0.1, -0.05) is 81.3 Å². The average Bonchev–Trinajstić information content (AvgIpc) is 2.38. The van der Waals surface area contributed by atoms with Crippen LogP contribution in [0.25, 0.3) is 0 Å². The summed E-state index contributed by atoms with van der Waals surface area (Å²) >= 11 is 0. The molecule has 0 saturated carbocycles. The fraction of sp³-hybridized carbons (Fsp3) is 0. The van der Waals surface area contributed by atoms with E-state index in [1.165, 1.54) is 10.6 Å². The highest BCUT2D eigenvalue weighted by Crippen LogP contribution is 2.53. The van der Waals surface area contributed by atoms with Crippen LogP contribution in [-0.2, 0) is 0 Å². The average molecular weight is 244 g/mol. The summed E-state index contributed by atoms with van der Waals surface area (Å²) in [6.45, 7) is 3.88. The van der Waals surface area contributed by atoms with Crippen LogP contribution in [0.1, 0.15) is 0 Å². The summed E-state index contributed by atoms with van der Waals surface area (Å²) in [7, 11) is 0.548. The van der Waals surface area contributed by atoms with Crippen LogP contribution >= 0.6 is 15.9 Å². The Labute approximate surface area is 99.8 Å². The van der Waals surface area contributed by atoms with Crippen molar-refractivity contribution in [2.45, 2.75) is 0 Å². The number of hydrogen-bond donors (Lipinski definition) is 0. The van der Waals surface area contributed by atoms with Crippen molar-refractivity contribution in [2.75, 3.05) is 0 Å². The molecule has 1 unspecified atom stereocenters. The van der Waals surface area contributed by atoms with Gasteiger partial charge in [0.1, 0.15) is 0 Å². The highest BCUT2D eigenvalue weighted by atomic mass is 32.0. The van der Waals surface area contributed by atoms with Gasteiger partial charge < -0.3 is 0 Å². The Bertz CT molecular complexity index is 397. The summed E-state index contributed by atoms with van der Waals surface area (Å²) in [6, 6.07) is 21.5. The molecule has 0 aromatic heterocycles. The van der Waals surface area contributed by atoms with E-state index in [-0.39, 0.29) is 7.61 Å². The second-order valence-corrected chi connectivity index (χ2v) is 7.83. The molecule has 0 saturated heterocycles. The van der Waals surface area contributed by atoms with Gasteiger partial charge in [-0.2, -0.15) is 0 Å². The molecule has 0 nitrogen and oxygen atoms in total. The normalized spacial score (nSPS) is 11.1. The van der Waals surface area contributed by atoms with Gasteiger partial charge in [0.15, 0.2) is 0 Å². The second-order valence-electron chi connectivity index (χ2n) is 3.34. The van der Waals surface area contributed by atoms with E-state index < -0.39 is 0 Å². The topological polar surface area (TPSA) is 0 Å². The third-order valence-corrected chi connectivity index (χ3v) is 7.19. The highest BCUT2D eigenvalue weighted by molar-refractivity contribution is 8.29. The van der Waals surface area contributed by atoms with Gasteiger partial charge in [-0.25, -0.2) is 0 Å². The summed E-state index contributed by atoms with van der Waals surface area (Å²) in [5, 5.41) is 2.86. The minimum Gasteiger partial charge on any atom is -0.0985 e. The largest absolute Gasteiger partial charge is 0.0985 e. The Morgan fingerprint density at radius 2 is 1.25 bits per heavy atom. The molecule has 16 heavy (non-hydrogen) atoms. The molecule has 0 aliphatic carbocycles. The van der Waals surface area contributed by atoms with E-state index in [0.29, 0.717) is 0 Å². The molecule has 0 bridgehead atoms. The van der Waals surface area contributed by atoms with Crippen molar-refractivity contribution >= 4 is 26.5 Å². The van der Waals surface area contributed by atoms with Crippen molar-refractivity contribution in [1.29, 1.82) is 0 Å². The molecule has 0 amide bonds. The maximum absolute atomic E-state index is 3.88. The van der Waals surface area contributed by atoms with E-state index in [9.17, 15) is 0 Å². The molecule has 2 heteroatoms. The minimum atomic E-state index is -0.241. The zero-order valence-corrected chi connectivity index (χ0v) is 10.9. The molecular weight excluding hydrogens is 230 g/mol. The molecule has 0 spiro atoms. The van der Waals surface area contributed by atoms with Gasteiger partial charge >= 0.3 is 0 Å².